The zero-order valence-electron chi connectivity index (χ0n) is 18.3. The van der Waals surface area contributed by atoms with Crippen LogP contribution in [0.5, 0.6) is 0 Å². The maximum Gasteiger partial charge on any atom is 0.419 e. The molecule has 0 fully saturated rings. The molecule has 0 saturated heterocycles. The van der Waals surface area contributed by atoms with Crippen molar-refractivity contribution in [3.05, 3.63) is 75.0 Å². The van der Waals surface area contributed by atoms with E-state index >= 15 is 0 Å². The van der Waals surface area contributed by atoms with Crippen molar-refractivity contribution < 1.29 is 9.21 Å². The Kier molecular flexibility index (Phi) is 5.90. The van der Waals surface area contributed by atoms with Gasteiger partial charge in [0.25, 0.3) is 5.91 Å². The Hall–Kier alpha value is -3.36. The molecule has 0 spiro atoms. The molecular weight excluding hydrogens is 430 g/mol. The summed E-state index contributed by atoms with van der Waals surface area (Å²) in [7, 11) is 3.88. The topological polar surface area (TPSA) is 85.3 Å². The third-order valence-electron chi connectivity index (χ3n) is 5.27. The number of likely N-dealkylation sites (N-methyl/N-ethyl adjacent to an activating group) is 1. The fourth-order valence-corrected chi connectivity index (χ4v) is 3.60. The van der Waals surface area contributed by atoms with Gasteiger partial charge in [-0.05, 0) is 70.4 Å². The summed E-state index contributed by atoms with van der Waals surface area (Å²) in [5.41, 5.74) is 4.62. The second-order valence-electron chi connectivity index (χ2n) is 7.90. The molecule has 0 saturated carbocycles. The number of halogens is 1. The van der Waals surface area contributed by atoms with E-state index in [1.807, 2.05) is 45.0 Å². The summed E-state index contributed by atoms with van der Waals surface area (Å²) < 4.78 is 8.63. The number of hydrogen-bond acceptors (Lipinski definition) is 5. The summed E-state index contributed by atoms with van der Waals surface area (Å²) in [6.45, 7) is 4.93. The van der Waals surface area contributed by atoms with Gasteiger partial charge in [0.05, 0.1) is 27.6 Å². The molecule has 4 rings (SSSR count). The second kappa shape index (κ2) is 8.64. The molecule has 166 valence electrons. The molecule has 2 heterocycles. The van der Waals surface area contributed by atoms with Crippen molar-refractivity contribution >= 4 is 34.3 Å². The Morgan fingerprint density at radius 2 is 1.88 bits per heavy atom. The number of carbonyl (C=O) groups excluding carboxylic acids is 1. The van der Waals surface area contributed by atoms with E-state index in [0.29, 0.717) is 40.5 Å². The number of oxazole rings is 1. The monoisotopic (exact) mass is 453 g/mol. The Morgan fingerprint density at radius 3 is 2.50 bits per heavy atom. The third kappa shape index (κ3) is 4.19. The van der Waals surface area contributed by atoms with Crippen LogP contribution in [0.2, 0.25) is 5.02 Å². The van der Waals surface area contributed by atoms with E-state index in [9.17, 15) is 9.59 Å². The number of nitrogens with zero attached hydrogens (tertiary/aromatic N) is 4. The number of carbonyl (C=O) groups is 1. The van der Waals surface area contributed by atoms with Gasteiger partial charge in [-0.15, -0.1) is 0 Å². The smallest absolute Gasteiger partial charge is 0.408 e. The lowest BCUT2D eigenvalue weighted by molar-refractivity contribution is 0.102. The Balaban J connectivity index is 1.55. The molecule has 8 nitrogen and oxygen atoms in total. The molecule has 0 aliphatic carbocycles. The second-order valence-corrected chi connectivity index (χ2v) is 8.28. The molecular formula is C23H24ClN5O3. The molecule has 0 unspecified atom stereocenters. The van der Waals surface area contributed by atoms with Crippen LogP contribution in [0.15, 0.2) is 51.7 Å². The molecule has 1 N–H and O–H groups in total. The van der Waals surface area contributed by atoms with Gasteiger partial charge in [0.1, 0.15) is 0 Å². The van der Waals surface area contributed by atoms with Crippen molar-refractivity contribution in [1.29, 1.82) is 0 Å². The Labute approximate surface area is 190 Å². The minimum absolute atomic E-state index is 0.256. The first-order chi connectivity index (χ1) is 15.2. The van der Waals surface area contributed by atoms with Crippen molar-refractivity contribution in [3.63, 3.8) is 0 Å². The predicted molar refractivity (Wildman–Crippen MR) is 125 cm³/mol. The maximum atomic E-state index is 12.8. The van der Waals surface area contributed by atoms with Crippen LogP contribution in [0.1, 0.15) is 21.7 Å². The number of aromatic nitrogens is 3. The van der Waals surface area contributed by atoms with Crippen molar-refractivity contribution in [2.75, 3.05) is 26.0 Å². The van der Waals surface area contributed by atoms with Crippen LogP contribution in [-0.4, -0.2) is 45.8 Å². The third-order valence-corrected chi connectivity index (χ3v) is 5.82. The lowest BCUT2D eigenvalue weighted by Gasteiger charge is -2.10. The first-order valence-corrected chi connectivity index (χ1v) is 10.5. The average Bonchev–Trinajstić information content (AvgIpc) is 3.22. The molecule has 0 aliphatic rings. The van der Waals surface area contributed by atoms with Gasteiger partial charge in [0, 0.05) is 24.3 Å². The number of benzene rings is 2. The highest BCUT2D eigenvalue weighted by atomic mass is 35.5. The maximum absolute atomic E-state index is 12.8. The number of hydrogen-bond donors (Lipinski definition) is 1. The summed E-state index contributed by atoms with van der Waals surface area (Å²) in [5, 5.41) is 7.95. The first kappa shape index (κ1) is 21.9. The quantitative estimate of drug-likeness (QED) is 0.479. The fourth-order valence-electron chi connectivity index (χ4n) is 3.48. The van der Waals surface area contributed by atoms with Gasteiger partial charge in [-0.1, -0.05) is 11.6 Å². The molecule has 4 aromatic rings. The van der Waals surface area contributed by atoms with E-state index in [4.69, 9.17) is 16.0 Å². The van der Waals surface area contributed by atoms with Gasteiger partial charge < -0.3 is 14.6 Å². The highest BCUT2D eigenvalue weighted by molar-refractivity contribution is 6.31. The summed E-state index contributed by atoms with van der Waals surface area (Å²) in [5.74, 6) is -0.668. The predicted octanol–water partition coefficient (Wildman–Crippen LogP) is 3.86. The molecule has 32 heavy (non-hydrogen) atoms. The summed E-state index contributed by atoms with van der Waals surface area (Å²) in [6.07, 6.45) is 0. The Bertz CT molecular complexity index is 1350. The summed E-state index contributed by atoms with van der Waals surface area (Å²) in [6, 6.07) is 12.3. The minimum atomic E-state index is -0.412. The summed E-state index contributed by atoms with van der Waals surface area (Å²) in [4.78, 5) is 26.9. The van der Waals surface area contributed by atoms with Crippen molar-refractivity contribution in [2.24, 2.45) is 0 Å². The molecule has 0 radical (unpaired) electrons. The average molecular weight is 454 g/mol. The van der Waals surface area contributed by atoms with Crippen LogP contribution in [0.3, 0.4) is 0 Å². The van der Waals surface area contributed by atoms with Crippen LogP contribution in [0, 0.1) is 13.8 Å². The van der Waals surface area contributed by atoms with Crippen molar-refractivity contribution in [1.82, 2.24) is 19.2 Å². The molecule has 0 atom stereocenters. The van der Waals surface area contributed by atoms with Crippen LogP contribution >= 0.6 is 11.6 Å². The number of aryl methyl sites for hydroxylation is 1. The van der Waals surface area contributed by atoms with E-state index < -0.39 is 5.76 Å². The normalized spacial score (nSPS) is 11.4. The first-order valence-electron chi connectivity index (χ1n) is 10.2. The molecule has 0 bridgehead atoms. The molecule has 0 aliphatic heterocycles. The minimum Gasteiger partial charge on any atom is -0.408 e. The van der Waals surface area contributed by atoms with Crippen LogP contribution < -0.4 is 11.1 Å². The fraction of sp³-hybridized carbons (Fsp3) is 0.261. The Morgan fingerprint density at radius 1 is 1.16 bits per heavy atom. The lowest BCUT2D eigenvalue weighted by Crippen LogP contribution is -2.23. The van der Waals surface area contributed by atoms with Gasteiger partial charge in [0.15, 0.2) is 5.58 Å². The number of nitrogens with one attached hydrogen (secondary N) is 1. The van der Waals surface area contributed by atoms with Crippen LogP contribution in [0.25, 0.3) is 16.8 Å². The zero-order valence-corrected chi connectivity index (χ0v) is 19.1. The SMILES string of the molecule is Cc1nn(-c2ccc(C(=O)Nc3ccc4oc(=O)n(CCN(C)C)c4c3)cc2)c(C)c1Cl. The number of anilines is 1. The van der Waals surface area contributed by atoms with Crippen molar-refractivity contribution in [2.45, 2.75) is 20.4 Å². The van der Waals surface area contributed by atoms with E-state index in [1.165, 1.54) is 0 Å². The van der Waals surface area contributed by atoms with Gasteiger partial charge in [-0.3, -0.25) is 9.36 Å². The molecule has 2 aromatic carbocycles. The highest BCUT2D eigenvalue weighted by Crippen LogP contribution is 2.23. The molecule has 1 amide bonds. The van der Waals surface area contributed by atoms with E-state index in [-0.39, 0.29) is 5.91 Å². The largest absolute Gasteiger partial charge is 0.419 e. The number of rotatable bonds is 6. The number of amides is 1. The van der Waals surface area contributed by atoms with E-state index in [0.717, 1.165) is 17.1 Å². The lowest BCUT2D eigenvalue weighted by atomic mass is 10.2. The van der Waals surface area contributed by atoms with Crippen LogP contribution in [0.4, 0.5) is 5.69 Å². The summed E-state index contributed by atoms with van der Waals surface area (Å²) >= 11 is 6.23. The van der Waals surface area contributed by atoms with Crippen LogP contribution in [-0.2, 0) is 6.54 Å². The van der Waals surface area contributed by atoms with Gasteiger partial charge in [0.2, 0.25) is 0 Å². The van der Waals surface area contributed by atoms with Gasteiger partial charge in [-0.2, -0.15) is 5.10 Å². The number of fused-ring (bicyclic) bond motifs is 1. The van der Waals surface area contributed by atoms with Crippen molar-refractivity contribution in [3.8, 4) is 5.69 Å². The van der Waals surface area contributed by atoms with E-state index in [2.05, 4.69) is 10.4 Å². The highest BCUT2D eigenvalue weighted by Gasteiger charge is 2.14. The van der Waals surface area contributed by atoms with Gasteiger partial charge in [-0.25, -0.2) is 9.48 Å². The molecule has 9 heteroatoms. The molecule has 2 aromatic heterocycles. The standard InChI is InChI=1S/C23H24ClN5O3/c1-14-21(24)15(2)29(26-14)18-8-5-16(6-9-18)22(30)25-17-7-10-20-19(13-17)28(23(31)32-20)12-11-27(3)4/h5-10,13H,11-12H2,1-4H3,(H,25,30). The van der Waals surface area contributed by atoms with E-state index in [1.54, 1.807) is 39.6 Å². The van der Waals surface area contributed by atoms with Gasteiger partial charge >= 0.3 is 5.76 Å². The zero-order chi connectivity index (χ0) is 23.0.